The zero-order chi connectivity index (χ0) is 22.9. The number of pyridine rings is 1. The van der Waals surface area contributed by atoms with E-state index in [1.807, 2.05) is 18.3 Å². The molecule has 1 saturated carbocycles. The molecule has 1 atom stereocenters. The van der Waals surface area contributed by atoms with Gasteiger partial charge in [0.05, 0.1) is 11.0 Å². The van der Waals surface area contributed by atoms with Crippen molar-refractivity contribution < 1.29 is 4.39 Å². The molecule has 0 aliphatic heterocycles. The van der Waals surface area contributed by atoms with Gasteiger partial charge in [-0.25, -0.2) is 14.4 Å². The SMILES string of the molecule is CC(C[C@H]1CC[C@H](c2ccnc3ccc(F)cc32)CC1)Nc1nc(Cl)nc2cc(Cl)ccc12. The summed E-state index contributed by atoms with van der Waals surface area (Å²) in [6, 6.07) is 12.7. The number of hydrogen-bond donors (Lipinski definition) is 1. The number of nitrogens with one attached hydrogen (secondary N) is 1. The van der Waals surface area contributed by atoms with Crippen molar-refractivity contribution in [2.75, 3.05) is 5.32 Å². The minimum atomic E-state index is -0.204. The maximum atomic E-state index is 13.9. The standard InChI is InChI=1S/C26H25Cl2FN4/c1-15(31-25-21-8-6-18(27)13-24(21)32-26(28)33-25)12-16-2-4-17(5-3-16)20-10-11-30-23-9-7-19(29)14-22(20)23/h6-11,13-17H,2-5,12H2,1H3,(H,31,32,33)/t15?,16-,17-. The molecule has 4 aromatic rings. The molecule has 0 spiro atoms. The van der Waals surface area contributed by atoms with E-state index in [9.17, 15) is 4.39 Å². The van der Waals surface area contributed by atoms with Gasteiger partial charge >= 0.3 is 0 Å². The van der Waals surface area contributed by atoms with Crippen molar-refractivity contribution in [3.05, 3.63) is 70.3 Å². The zero-order valence-corrected chi connectivity index (χ0v) is 19.9. The first-order valence-corrected chi connectivity index (χ1v) is 12.2. The van der Waals surface area contributed by atoms with Crippen LogP contribution in [-0.4, -0.2) is 21.0 Å². The Kier molecular flexibility index (Phi) is 6.35. The number of halogens is 3. The second-order valence-corrected chi connectivity index (χ2v) is 9.84. The van der Waals surface area contributed by atoms with Gasteiger partial charge in [0.15, 0.2) is 0 Å². The highest BCUT2D eigenvalue weighted by Crippen LogP contribution is 2.40. The van der Waals surface area contributed by atoms with Gasteiger partial charge < -0.3 is 5.32 Å². The number of anilines is 1. The predicted molar refractivity (Wildman–Crippen MR) is 134 cm³/mol. The second kappa shape index (κ2) is 9.40. The van der Waals surface area contributed by atoms with E-state index in [1.54, 1.807) is 18.2 Å². The summed E-state index contributed by atoms with van der Waals surface area (Å²) in [5.41, 5.74) is 2.83. The maximum Gasteiger partial charge on any atom is 0.224 e. The third kappa shape index (κ3) is 4.90. The van der Waals surface area contributed by atoms with Crippen LogP contribution in [0, 0.1) is 11.7 Å². The molecule has 2 heterocycles. The number of fused-ring (bicyclic) bond motifs is 2. The molecule has 170 valence electrons. The molecule has 33 heavy (non-hydrogen) atoms. The Morgan fingerprint density at radius 2 is 1.79 bits per heavy atom. The van der Waals surface area contributed by atoms with Crippen LogP contribution < -0.4 is 5.32 Å². The van der Waals surface area contributed by atoms with E-state index in [0.717, 1.165) is 59.7 Å². The van der Waals surface area contributed by atoms with E-state index < -0.39 is 0 Å². The molecule has 4 nitrogen and oxygen atoms in total. The van der Waals surface area contributed by atoms with Crippen LogP contribution in [0.3, 0.4) is 0 Å². The van der Waals surface area contributed by atoms with E-state index in [1.165, 1.54) is 11.6 Å². The lowest BCUT2D eigenvalue weighted by Crippen LogP contribution is -2.23. The third-order valence-corrected chi connectivity index (χ3v) is 7.13. The Labute approximate surface area is 202 Å². The monoisotopic (exact) mass is 482 g/mol. The molecule has 5 rings (SSSR count). The third-order valence-electron chi connectivity index (χ3n) is 6.73. The van der Waals surface area contributed by atoms with Gasteiger partial charge in [0.25, 0.3) is 0 Å². The van der Waals surface area contributed by atoms with Crippen LogP contribution in [-0.2, 0) is 0 Å². The van der Waals surface area contributed by atoms with Crippen LogP contribution in [0.4, 0.5) is 10.2 Å². The van der Waals surface area contributed by atoms with Crippen LogP contribution in [0.25, 0.3) is 21.8 Å². The van der Waals surface area contributed by atoms with Gasteiger partial charge in [-0.1, -0.05) is 11.6 Å². The molecule has 0 saturated heterocycles. The highest BCUT2D eigenvalue weighted by atomic mass is 35.5. The van der Waals surface area contributed by atoms with Crippen LogP contribution in [0.5, 0.6) is 0 Å². The van der Waals surface area contributed by atoms with Crippen molar-refractivity contribution in [3.63, 3.8) is 0 Å². The number of hydrogen-bond acceptors (Lipinski definition) is 4. The molecular formula is C26H25Cl2FN4. The summed E-state index contributed by atoms with van der Waals surface area (Å²) in [4.78, 5) is 13.1. The number of benzene rings is 2. The molecule has 1 N–H and O–H groups in total. The fourth-order valence-electron chi connectivity index (χ4n) is 5.18. The quantitative estimate of drug-likeness (QED) is 0.295. The van der Waals surface area contributed by atoms with Gasteiger partial charge in [0, 0.05) is 28.0 Å². The number of rotatable bonds is 5. The summed E-state index contributed by atoms with van der Waals surface area (Å²) in [6.07, 6.45) is 7.40. The summed E-state index contributed by atoms with van der Waals surface area (Å²) in [7, 11) is 0. The van der Waals surface area contributed by atoms with Gasteiger partial charge in [-0.3, -0.25) is 4.98 Å². The minimum absolute atomic E-state index is 0.204. The summed E-state index contributed by atoms with van der Waals surface area (Å²) in [6.45, 7) is 2.18. The Morgan fingerprint density at radius 1 is 0.970 bits per heavy atom. The fourth-order valence-corrected chi connectivity index (χ4v) is 5.52. The predicted octanol–water partition coefficient (Wildman–Crippen LogP) is 7.79. The van der Waals surface area contributed by atoms with Crippen LogP contribution in [0.2, 0.25) is 10.3 Å². The van der Waals surface area contributed by atoms with Crippen molar-refractivity contribution in [1.82, 2.24) is 15.0 Å². The normalized spacial score (nSPS) is 19.6. The molecule has 1 aliphatic carbocycles. The molecule has 2 aromatic carbocycles. The maximum absolute atomic E-state index is 13.9. The van der Waals surface area contributed by atoms with Gasteiger partial charge in [-0.2, -0.15) is 0 Å². The lowest BCUT2D eigenvalue weighted by atomic mass is 9.76. The van der Waals surface area contributed by atoms with Gasteiger partial charge in [-0.05, 0) is 110 Å². The summed E-state index contributed by atoms with van der Waals surface area (Å²) in [5, 5.41) is 6.23. The minimum Gasteiger partial charge on any atom is -0.367 e. The van der Waals surface area contributed by atoms with Gasteiger partial charge in [0.1, 0.15) is 11.6 Å². The Morgan fingerprint density at radius 3 is 2.61 bits per heavy atom. The van der Waals surface area contributed by atoms with Crippen molar-refractivity contribution >= 4 is 50.8 Å². The molecule has 1 aliphatic rings. The van der Waals surface area contributed by atoms with Crippen LogP contribution in [0.15, 0.2) is 48.7 Å². The van der Waals surface area contributed by atoms with E-state index in [0.29, 0.717) is 16.9 Å². The van der Waals surface area contributed by atoms with Crippen molar-refractivity contribution in [2.45, 2.75) is 51.0 Å². The average Bonchev–Trinajstić information content (AvgIpc) is 2.78. The fraction of sp³-hybridized carbons (Fsp3) is 0.346. The molecule has 1 unspecified atom stereocenters. The Bertz CT molecular complexity index is 1300. The Hall–Kier alpha value is -2.50. The van der Waals surface area contributed by atoms with Crippen molar-refractivity contribution in [2.24, 2.45) is 5.92 Å². The zero-order valence-electron chi connectivity index (χ0n) is 18.4. The first-order chi connectivity index (χ1) is 16.0. The number of aromatic nitrogens is 3. The highest BCUT2D eigenvalue weighted by Gasteiger charge is 2.25. The molecule has 0 amide bonds. The lowest BCUT2D eigenvalue weighted by Gasteiger charge is -2.31. The average molecular weight is 483 g/mol. The summed E-state index contributed by atoms with van der Waals surface area (Å²) < 4.78 is 13.9. The largest absolute Gasteiger partial charge is 0.367 e. The van der Waals surface area contributed by atoms with E-state index in [4.69, 9.17) is 23.2 Å². The molecular weight excluding hydrogens is 458 g/mol. The van der Waals surface area contributed by atoms with Crippen LogP contribution in [0.1, 0.15) is 50.5 Å². The number of nitrogens with zero attached hydrogens (tertiary/aromatic N) is 3. The topological polar surface area (TPSA) is 50.7 Å². The summed E-state index contributed by atoms with van der Waals surface area (Å²) in [5.74, 6) is 1.62. The first-order valence-electron chi connectivity index (χ1n) is 11.4. The lowest BCUT2D eigenvalue weighted by molar-refractivity contribution is 0.302. The van der Waals surface area contributed by atoms with Crippen molar-refractivity contribution in [1.29, 1.82) is 0 Å². The molecule has 7 heteroatoms. The molecule has 2 aromatic heterocycles. The van der Waals surface area contributed by atoms with E-state index in [2.05, 4.69) is 33.3 Å². The molecule has 1 fully saturated rings. The van der Waals surface area contributed by atoms with Crippen LogP contribution >= 0.6 is 23.2 Å². The second-order valence-electron chi connectivity index (χ2n) is 9.06. The first kappa shape index (κ1) is 22.3. The summed E-state index contributed by atoms with van der Waals surface area (Å²) >= 11 is 12.3. The highest BCUT2D eigenvalue weighted by molar-refractivity contribution is 6.31. The molecule has 0 radical (unpaired) electrons. The van der Waals surface area contributed by atoms with E-state index in [-0.39, 0.29) is 17.1 Å². The molecule has 0 bridgehead atoms. The Balaban J connectivity index is 1.24. The van der Waals surface area contributed by atoms with Gasteiger partial charge in [0.2, 0.25) is 5.28 Å². The smallest absolute Gasteiger partial charge is 0.224 e. The van der Waals surface area contributed by atoms with E-state index >= 15 is 0 Å². The van der Waals surface area contributed by atoms with Crippen molar-refractivity contribution in [3.8, 4) is 0 Å². The van der Waals surface area contributed by atoms with Gasteiger partial charge in [-0.15, -0.1) is 0 Å².